The Balaban J connectivity index is 1.56. The van der Waals surface area contributed by atoms with Crippen LogP contribution < -0.4 is 15.0 Å². The summed E-state index contributed by atoms with van der Waals surface area (Å²) in [6.07, 6.45) is 5.38. The Bertz CT molecular complexity index is 662. The number of piperidine rings is 1. The van der Waals surface area contributed by atoms with Gasteiger partial charge in [-0.2, -0.15) is 0 Å². The van der Waals surface area contributed by atoms with Crippen molar-refractivity contribution >= 4 is 11.7 Å². The fourth-order valence-corrected chi connectivity index (χ4v) is 2.86. The van der Waals surface area contributed by atoms with Crippen LogP contribution in [0.3, 0.4) is 0 Å². The maximum Gasteiger partial charge on any atom is 0.253 e. The van der Waals surface area contributed by atoms with Gasteiger partial charge in [0.15, 0.2) is 0 Å². The number of ether oxygens (including phenoxy) is 1. The molecule has 0 radical (unpaired) electrons. The van der Waals surface area contributed by atoms with Gasteiger partial charge in [0, 0.05) is 25.8 Å². The number of benzene rings is 1. The summed E-state index contributed by atoms with van der Waals surface area (Å²) in [5.41, 5.74) is 1.62. The summed E-state index contributed by atoms with van der Waals surface area (Å²) in [5.74, 6) is 1.66. The smallest absolute Gasteiger partial charge is 0.253 e. The number of aromatic nitrogens is 1. The van der Waals surface area contributed by atoms with Gasteiger partial charge in [0.05, 0.1) is 12.7 Å². The molecule has 1 aromatic heterocycles. The third-order valence-electron chi connectivity index (χ3n) is 4.30. The molecular formula is C19H23N3O2. The zero-order valence-electron chi connectivity index (χ0n) is 14.0. The number of anilines is 1. The number of hydrogen-bond donors (Lipinski definition) is 1. The lowest BCUT2D eigenvalue weighted by molar-refractivity contribution is 0.0950. The molecule has 5 heteroatoms. The van der Waals surface area contributed by atoms with E-state index < -0.39 is 0 Å². The molecule has 1 saturated heterocycles. The minimum Gasteiger partial charge on any atom is -0.497 e. The highest BCUT2D eigenvalue weighted by Crippen LogP contribution is 2.17. The second-order valence-corrected chi connectivity index (χ2v) is 5.98. The molecule has 2 heterocycles. The molecule has 24 heavy (non-hydrogen) atoms. The molecule has 1 fully saturated rings. The summed E-state index contributed by atoms with van der Waals surface area (Å²) in [7, 11) is 1.64. The van der Waals surface area contributed by atoms with E-state index in [1.807, 2.05) is 36.4 Å². The molecule has 0 bridgehead atoms. The van der Waals surface area contributed by atoms with Gasteiger partial charge in [-0.3, -0.25) is 4.79 Å². The van der Waals surface area contributed by atoms with Gasteiger partial charge in [0.2, 0.25) is 0 Å². The van der Waals surface area contributed by atoms with E-state index in [0.717, 1.165) is 30.2 Å². The molecule has 1 aliphatic rings. The summed E-state index contributed by atoms with van der Waals surface area (Å²) < 4.78 is 5.13. The zero-order valence-corrected chi connectivity index (χ0v) is 14.0. The van der Waals surface area contributed by atoms with Crippen molar-refractivity contribution in [1.82, 2.24) is 10.3 Å². The highest BCUT2D eigenvalue weighted by molar-refractivity contribution is 5.94. The van der Waals surface area contributed by atoms with Crippen molar-refractivity contribution in [2.45, 2.75) is 25.8 Å². The van der Waals surface area contributed by atoms with Gasteiger partial charge in [0.1, 0.15) is 11.6 Å². The molecule has 1 N–H and O–H groups in total. The first kappa shape index (κ1) is 16.3. The average Bonchev–Trinajstić information content (AvgIpc) is 2.67. The Hall–Kier alpha value is -2.56. The van der Waals surface area contributed by atoms with E-state index in [0.29, 0.717) is 12.1 Å². The Morgan fingerprint density at radius 1 is 1.12 bits per heavy atom. The number of hydrogen-bond acceptors (Lipinski definition) is 4. The van der Waals surface area contributed by atoms with Crippen LogP contribution >= 0.6 is 0 Å². The minimum absolute atomic E-state index is 0.108. The lowest BCUT2D eigenvalue weighted by atomic mass is 10.1. The Morgan fingerprint density at radius 3 is 2.50 bits per heavy atom. The summed E-state index contributed by atoms with van der Waals surface area (Å²) >= 11 is 0. The fraction of sp³-hybridized carbons (Fsp3) is 0.368. The molecule has 0 aliphatic carbocycles. The van der Waals surface area contributed by atoms with Crippen LogP contribution in [-0.2, 0) is 6.54 Å². The molecule has 0 saturated carbocycles. The lowest BCUT2D eigenvalue weighted by Crippen LogP contribution is -2.30. The summed E-state index contributed by atoms with van der Waals surface area (Å²) in [4.78, 5) is 19.0. The Morgan fingerprint density at radius 2 is 1.88 bits per heavy atom. The topological polar surface area (TPSA) is 54.5 Å². The van der Waals surface area contributed by atoms with E-state index in [1.165, 1.54) is 19.3 Å². The van der Waals surface area contributed by atoms with Crippen molar-refractivity contribution < 1.29 is 9.53 Å². The van der Waals surface area contributed by atoms with E-state index in [-0.39, 0.29) is 5.91 Å². The Kier molecular flexibility index (Phi) is 5.31. The second kappa shape index (κ2) is 7.81. The first-order chi connectivity index (χ1) is 11.8. The quantitative estimate of drug-likeness (QED) is 0.918. The average molecular weight is 325 g/mol. The maximum atomic E-state index is 12.2. The van der Waals surface area contributed by atoms with Crippen molar-refractivity contribution in [2.24, 2.45) is 0 Å². The van der Waals surface area contributed by atoms with Gasteiger partial charge in [0.25, 0.3) is 5.91 Å². The molecule has 1 aromatic carbocycles. The summed E-state index contributed by atoms with van der Waals surface area (Å²) in [6.45, 7) is 2.59. The fourth-order valence-electron chi connectivity index (χ4n) is 2.86. The molecule has 0 spiro atoms. The number of amides is 1. The van der Waals surface area contributed by atoms with Crippen LogP contribution in [0.5, 0.6) is 5.75 Å². The molecule has 5 nitrogen and oxygen atoms in total. The number of carbonyl (C=O) groups is 1. The largest absolute Gasteiger partial charge is 0.497 e. The van der Waals surface area contributed by atoms with Crippen molar-refractivity contribution in [3.8, 4) is 5.75 Å². The van der Waals surface area contributed by atoms with Gasteiger partial charge in [-0.05, 0) is 49.1 Å². The highest BCUT2D eigenvalue weighted by Gasteiger charge is 2.13. The third-order valence-corrected chi connectivity index (χ3v) is 4.30. The predicted molar refractivity (Wildman–Crippen MR) is 94.5 cm³/mol. The highest BCUT2D eigenvalue weighted by atomic mass is 16.5. The van der Waals surface area contributed by atoms with Gasteiger partial charge in [-0.1, -0.05) is 12.1 Å². The molecule has 3 rings (SSSR count). The number of rotatable bonds is 5. The monoisotopic (exact) mass is 325 g/mol. The van der Waals surface area contributed by atoms with Crippen LogP contribution in [0.2, 0.25) is 0 Å². The first-order valence-corrected chi connectivity index (χ1v) is 8.38. The van der Waals surface area contributed by atoms with E-state index in [4.69, 9.17) is 4.74 Å². The SMILES string of the molecule is COc1ccc(CNC(=O)c2ccc(N3CCCCC3)nc2)cc1. The lowest BCUT2D eigenvalue weighted by Gasteiger charge is -2.27. The normalized spacial score (nSPS) is 14.3. The van der Waals surface area contributed by atoms with Crippen molar-refractivity contribution in [3.63, 3.8) is 0 Å². The number of carbonyl (C=O) groups excluding carboxylic acids is 1. The van der Waals surface area contributed by atoms with E-state index >= 15 is 0 Å². The number of nitrogens with one attached hydrogen (secondary N) is 1. The second-order valence-electron chi connectivity index (χ2n) is 5.98. The predicted octanol–water partition coefficient (Wildman–Crippen LogP) is 3.01. The molecule has 0 unspecified atom stereocenters. The third kappa shape index (κ3) is 4.04. The summed E-state index contributed by atoms with van der Waals surface area (Å²) in [5, 5.41) is 2.92. The van der Waals surface area contributed by atoms with Crippen LogP contribution in [0.15, 0.2) is 42.6 Å². The van der Waals surface area contributed by atoms with Crippen LogP contribution in [0.4, 0.5) is 5.82 Å². The molecule has 126 valence electrons. The molecule has 1 amide bonds. The van der Waals surface area contributed by atoms with Gasteiger partial charge in [-0.25, -0.2) is 4.98 Å². The van der Waals surface area contributed by atoms with Crippen LogP contribution in [-0.4, -0.2) is 31.1 Å². The Labute approximate surface area is 142 Å². The minimum atomic E-state index is -0.108. The van der Waals surface area contributed by atoms with Gasteiger partial charge < -0.3 is 15.0 Å². The maximum absolute atomic E-state index is 12.2. The molecule has 1 aliphatic heterocycles. The van der Waals surface area contributed by atoms with Gasteiger partial charge in [-0.15, -0.1) is 0 Å². The van der Waals surface area contributed by atoms with Crippen molar-refractivity contribution in [1.29, 1.82) is 0 Å². The standard InChI is InChI=1S/C19H23N3O2/c1-24-17-8-5-15(6-9-17)13-21-19(23)16-7-10-18(20-14-16)22-11-3-2-4-12-22/h5-10,14H,2-4,11-13H2,1H3,(H,21,23). The van der Waals surface area contributed by atoms with E-state index in [2.05, 4.69) is 15.2 Å². The molecular weight excluding hydrogens is 302 g/mol. The number of pyridine rings is 1. The first-order valence-electron chi connectivity index (χ1n) is 8.38. The number of methoxy groups -OCH3 is 1. The summed E-state index contributed by atoms with van der Waals surface area (Å²) in [6, 6.07) is 11.4. The van der Waals surface area contributed by atoms with Gasteiger partial charge >= 0.3 is 0 Å². The van der Waals surface area contributed by atoms with Crippen LogP contribution in [0, 0.1) is 0 Å². The molecule has 2 aromatic rings. The van der Waals surface area contributed by atoms with Crippen LogP contribution in [0.1, 0.15) is 35.2 Å². The van der Waals surface area contributed by atoms with E-state index in [9.17, 15) is 4.79 Å². The zero-order chi connectivity index (χ0) is 16.8. The molecule has 0 atom stereocenters. The van der Waals surface area contributed by atoms with Crippen LogP contribution in [0.25, 0.3) is 0 Å². The van der Waals surface area contributed by atoms with E-state index in [1.54, 1.807) is 13.3 Å². The number of nitrogens with zero attached hydrogens (tertiary/aromatic N) is 2. The van der Waals surface area contributed by atoms with Crippen molar-refractivity contribution in [2.75, 3.05) is 25.1 Å². The van der Waals surface area contributed by atoms with Crippen molar-refractivity contribution in [3.05, 3.63) is 53.7 Å².